The Kier molecular flexibility index (Phi) is 15.2. The fourth-order valence-corrected chi connectivity index (χ4v) is 10.3. The summed E-state index contributed by atoms with van der Waals surface area (Å²) in [4.78, 5) is 138. The lowest BCUT2D eigenvalue weighted by molar-refractivity contribution is 0.0425. The molecule has 0 unspecified atom stereocenters. The van der Waals surface area contributed by atoms with Crippen molar-refractivity contribution in [2.75, 3.05) is 0 Å². The number of cyclic esters (lactones) is 12. The lowest BCUT2D eigenvalue weighted by atomic mass is 9.76. The standard InChI is InChI=1S/C31H20O8.C19H12O6.C12H12O3.C8H4O3/c1-31(2,17-3-7-19(8-4-17)36-21-11-13-23-25(15-21)29(34)38-27(23)32)18-5-9-20(10-6-18)37-22-12-14-24-26(16-22)30(35)39-28(24)33;1-19(2,9-3-5-11-13(7-9)17(22)24-15(11)20)10-4-6-12-14(8-10)18(23)25-16(12)21;1-12(2,3)7-4-5-8-9(6-7)11(14)15-10(8)13;9-7-5-3-1-2-4-6(5)8(10)11-7/h3-16H,1-2H3;3-8H,1-2H3;4-6H,1-3H3;1-4H. The van der Waals surface area contributed by atoms with Crippen molar-refractivity contribution in [2.45, 2.75) is 64.7 Å². The van der Waals surface area contributed by atoms with Gasteiger partial charge in [0, 0.05) is 10.8 Å². The molecule has 90 heavy (non-hydrogen) atoms. The van der Waals surface area contributed by atoms with Crippen LogP contribution in [0.2, 0.25) is 0 Å². The molecule has 0 radical (unpaired) electrons. The molecule has 0 saturated carbocycles. The maximum Gasteiger partial charge on any atom is 0.347 e. The predicted molar refractivity (Wildman–Crippen MR) is 313 cm³/mol. The zero-order valence-electron chi connectivity index (χ0n) is 48.8. The van der Waals surface area contributed by atoms with Gasteiger partial charge in [0.25, 0.3) is 0 Å². The number of rotatable bonds is 8. The van der Waals surface area contributed by atoms with Crippen LogP contribution in [-0.2, 0) is 44.7 Å². The summed E-state index contributed by atoms with van der Waals surface area (Å²) in [6.07, 6.45) is 0. The Morgan fingerprint density at radius 3 is 0.733 bits per heavy atom. The van der Waals surface area contributed by atoms with E-state index >= 15 is 0 Å². The first-order valence-electron chi connectivity index (χ1n) is 27.6. The van der Waals surface area contributed by atoms with Gasteiger partial charge in [-0.1, -0.05) is 103 Å². The molecule has 20 nitrogen and oxygen atoms in total. The molecule has 20 heteroatoms. The van der Waals surface area contributed by atoms with Crippen LogP contribution in [0.1, 0.15) is 201 Å². The van der Waals surface area contributed by atoms with E-state index in [0.717, 1.165) is 27.8 Å². The van der Waals surface area contributed by atoms with Crippen molar-refractivity contribution in [1.82, 2.24) is 0 Å². The van der Waals surface area contributed by atoms with Crippen LogP contribution in [0.3, 0.4) is 0 Å². The average molecular weight is 1210 g/mol. The van der Waals surface area contributed by atoms with Gasteiger partial charge in [0.2, 0.25) is 0 Å². The van der Waals surface area contributed by atoms with Gasteiger partial charge in [0.15, 0.2) is 0 Å². The molecular weight excluding hydrogens is 1160 g/mol. The molecule has 0 N–H and O–H groups in total. The Bertz CT molecular complexity index is 4280. The molecule has 6 aliphatic rings. The maximum atomic E-state index is 11.8. The minimum absolute atomic E-state index is 0.0407. The maximum absolute atomic E-state index is 11.8. The lowest BCUT2D eigenvalue weighted by Gasteiger charge is -2.26. The van der Waals surface area contributed by atoms with Crippen molar-refractivity contribution in [1.29, 1.82) is 0 Å². The van der Waals surface area contributed by atoms with Gasteiger partial charge in [-0.2, -0.15) is 0 Å². The Morgan fingerprint density at radius 2 is 0.433 bits per heavy atom. The molecule has 0 fully saturated rings. The van der Waals surface area contributed by atoms with Gasteiger partial charge in [0.1, 0.15) is 23.0 Å². The normalized spacial score (nSPS) is 14.7. The number of esters is 12. The number of hydrogen-bond donors (Lipinski definition) is 0. The summed E-state index contributed by atoms with van der Waals surface area (Å²) in [5, 5.41) is 0. The Hall–Kier alpha value is -11.8. The van der Waals surface area contributed by atoms with E-state index in [0.29, 0.717) is 45.3 Å². The van der Waals surface area contributed by atoms with E-state index in [-0.39, 0.29) is 55.3 Å². The van der Waals surface area contributed by atoms with Crippen LogP contribution in [0.25, 0.3) is 0 Å². The highest BCUT2D eigenvalue weighted by molar-refractivity contribution is 6.18. The van der Waals surface area contributed by atoms with Crippen LogP contribution >= 0.6 is 0 Å². The second-order valence-corrected chi connectivity index (χ2v) is 23.1. The second-order valence-electron chi connectivity index (χ2n) is 23.1. The van der Waals surface area contributed by atoms with Crippen molar-refractivity contribution in [3.05, 3.63) is 258 Å². The zero-order valence-corrected chi connectivity index (χ0v) is 48.8. The number of carbonyl (C=O) groups excluding carboxylic acids is 12. The van der Waals surface area contributed by atoms with Gasteiger partial charge >= 0.3 is 71.6 Å². The molecule has 6 aliphatic heterocycles. The van der Waals surface area contributed by atoms with Gasteiger partial charge < -0.3 is 37.9 Å². The molecule has 0 bridgehead atoms. The van der Waals surface area contributed by atoms with Crippen LogP contribution in [0.15, 0.2) is 164 Å². The largest absolute Gasteiger partial charge is 0.457 e. The Morgan fingerprint density at radius 1 is 0.222 bits per heavy atom. The average Bonchev–Trinajstić information content (AvgIpc) is 1.46. The van der Waals surface area contributed by atoms with E-state index in [4.69, 9.17) is 9.47 Å². The first-order chi connectivity index (χ1) is 42.7. The van der Waals surface area contributed by atoms with Crippen molar-refractivity contribution in [3.63, 3.8) is 0 Å². The molecule has 0 spiro atoms. The van der Waals surface area contributed by atoms with Gasteiger partial charge in [-0.15, -0.1) is 0 Å². The van der Waals surface area contributed by atoms with Crippen LogP contribution < -0.4 is 9.47 Å². The molecular formula is C70H48O20. The predicted octanol–water partition coefficient (Wildman–Crippen LogP) is 12.1. The van der Waals surface area contributed by atoms with Crippen molar-refractivity contribution < 1.29 is 95.4 Å². The topological polar surface area (TPSA) is 279 Å². The third-order valence-electron chi connectivity index (χ3n) is 15.7. The highest BCUT2D eigenvalue weighted by atomic mass is 16.6. The number of carbonyl (C=O) groups is 12. The van der Waals surface area contributed by atoms with Gasteiger partial charge in [-0.05, 0) is 142 Å². The monoisotopic (exact) mass is 1210 g/mol. The van der Waals surface area contributed by atoms with Crippen LogP contribution in [0.5, 0.6) is 23.0 Å². The van der Waals surface area contributed by atoms with Crippen LogP contribution in [0.4, 0.5) is 0 Å². The van der Waals surface area contributed by atoms with Crippen molar-refractivity contribution in [2.24, 2.45) is 0 Å². The summed E-state index contributed by atoms with van der Waals surface area (Å²) in [6, 6.07) is 46.2. The summed E-state index contributed by atoms with van der Waals surface area (Å²) < 4.78 is 39.1. The highest BCUT2D eigenvalue weighted by Crippen LogP contribution is 2.39. The van der Waals surface area contributed by atoms with Gasteiger partial charge in [-0.25, -0.2) is 57.5 Å². The molecule has 0 saturated heterocycles. The lowest BCUT2D eigenvalue weighted by Crippen LogP contribution is -2.20. The number of ether oxygens (including phenoxy) is 8. The number of hydrogen-bond acceptors (Lipinski definition) is 20. The molecule has 6 heterocycles. The third kappa shape index (κ3) is 11.4. The summed E-state index contributed by atoms with van der Waals surface area (Å²) in [7, 11) is 0. The van der Waals surface area contributed by atoms with Crippen LogP contribution in [-0.4, -0.2) is 71.6 Å². The fourth-order valence-electron chi connectivity index (χ4n) is 10.3. The van der Waals surface area contributed by atoms with E-state index in [9.17, 15) is 57.5 Å². The zero-order chi connectivity index (χ0) is 64.3. The summed E-state index contributed by atoms with van der Waals surface area (Å²) in [5.74, 6) is -5.47. The minimum Gasteiger partial charge on any atom is -0.457 e. The Labute approximate surface area is 511 Å². The fraction of sp³-hybridized carbons (Fsp3) is 0.143. The second kappa shape index (κ2) is 22.8. The summed E-state index contributed by atoms with van der Waals surface area (Å²) >= 11 is 0. The van der Waals surface area contributed by atoms with Crippen LogP contribution in [0, 0.1) is 0 Å². The summed E-state index contributed by atoms with van der Waals surface area (Å²) in [6.45, 7) is 14.2. The molecule has 8 aromatic carbocycles. The molecule has 448 valence electrons. The number of benzene rings is 8. The minimum atomic E-state index is -0.678. The smallest absolute Gasteiger partial charge is 0.347 e. The van der Waals surface area contributed by atoms with E-state index in [1.54, 1.807) is 84.9 Å². The number of fused-ring (bicyclic) bond motifs is 6. The van der Waals surface area contributed by atoms with Crippen molar-refractivity contribution in [3.8, 4) is 23.0 Å². The van der Waals surface area contributed by atoms with Crippen molar-refractivity contribution >= 4 is 71.6 Å². The molecule has 14 rings (SSSR count). The quantitative estimate of drug-likeness (QED) is 0.0776. The molecule has 0 atom stereocenters. The first-order valence-corrected chi connectivity index (χ1v) is 27.6. The molecule has 0 aliphatic carbocycles. The van der Waals surface area contributed by atoms with E-state index in [2.05, 4.69) is 63.0 Å². The SMILES string of the molecule is CC(C)(C)c1ccc2c(c1)C(=O)OC2=O.CC(C)(c1ccc(Oc2ccc3c(c2)C(=O)OC3=O)cc1)c1ccc(Oc2ccc3c(c2)C(=O)OC3=O)cc1.CC(C)(c1ccc2c(c1)C(=O)OC2=O)c1ccc2c(c1)C(=O)OC2=O.O=C1OC(=O)c2ccccc21. The van der Waals surface area contributed by atoms with Gasteiger partial charge in [-0.3, -0.25) is 0 Å². The van der Waals surface area contributed by atoms with E-state index in [1.807, 2.05) is 68.4 Å². The van der Waals surface area contributed by atoms with E-state index < -0.39 is 77.0 Å². The summed E-state index contributed by atoms with van der Waals surface area (Å²) in [5.41, 5.74) is 6.96. The molecule has 0 aromatic heterocycles. The third-order valence-corrected chi connectivity index (χ3v) is 15.7. The Balaban J connectivity index is 0.000000138. The highest BCUT2D eigenvalue weighted by Gasteiger charge is 2.37. The van der Waals surface area contributed by atoms with E-state index in [1.165, 1.54) is 24.3 Å². The molecule has 0 amide bonds. The molecule has 8 aromatic rings. The van der Waals surface area contributed by atoms with Gasteiger partial charge in [0.05, 0.1) is 66.8 Å². The first kappa shape index (κ1) is 59.9.